The first-order valence-electron chi connectivity index (χ1n) is 7.53. The summed E-state index contributed by atoms with van der Waals surface area (Å²) in [4.78, 5) is 36.4. The topological polar surface area (TPSA) is 97.0 Å². The van der Waals surface area contributed by atoms with Crippen LogP contribution in [0.3, 0.4) is 0 Å². The van der Waals surface area contributed by atoms with Crippen LogP contribution < -0.4 is 10.6 Å². The molecule has 3 amide bonds. The number of rotatable bonds is 7. The lowest BCUT2D eigenvalue weighted by atomic mass is 10.1. The van der Waals surface area contributed by atoms with Gasteiger partial charge in [0.2, 0.25) is 11.8 Å². The van der Waals surface area contributed by atoms with Crippen molar-refractivity contribution >= 4 is 17.9 Å². The highest BCUT2D eigenvalue weighted by Gasteiger charge is 2.24. The summed E-state index contributed by atoms with van der Waals surface area (Å²) in [5, 5.41) is 5.42. The molecule has 1 rings (SSSR count). The average Bonchev–Trinajstić information content (AvgIpc) is 2.48. The van der Waals surface area contributed by atoms with Crippen molar-refractivity contribution in [3.63, 3.8) is 0 Å². The second kappa shape index (κ2) is 9.99. The van der Waals surface area contributed by atoms with E-state index in [2.05, 4.69) is 10.6 Å². The number of nitrogens with zero attached hydrogens (tertiary/aromatic N) is 1. The quantitative estimate of drug-likeness (QED) is 0.504. The third-order valence-corrected chi connectivity index (χ3v) is 3.34. The zero-order chi connectivity index (χ0) is 16.4. The lowest BCUT2D eigenvalue weighted by Gasteiger charge is -2.31. The summed E-state index contributed by atoms with van der Waals surface area (Å²) >= 11 is 0. The molecule has 0 unspecified atom stereocenters. The molecular formula is C14H25N3O5. The van der Waals surface area contributed by atoms with Crippen molar-refractivity contribution in [3.8, 4) is 0 Å². The molecule has 1 aliphatic heterocycles. The normalized spacial score (nSPS) is 15.3. The maximum atomic E-state index is 11.8. The van der Waals surface area contributed by atoms with Gasteiger partial charge in [-0.3, -0.25) is 9.59 Å². The molecule has 0 bridgehead atoms. The Kier molecular flexibility index (Phi) is 8.27. The second-order valence-electron chi connectivity index (χ2n) is 5.05. The summed E-state index contributed by atoms with van der Waals surface area (Å²) in [6.07, 6.45) is 0.817. The van der Waals surface area contributed by atoms with Crippen molar-refractivity contribution in [1.82, 2.24) is 15.5 Å². The monoisotopic (exact) mass is 315 g/mol. The maximum absolute atomic E-state index is 11.8. The van der Waals surface area contributed by atoms with Crippen LogP contribution in [-0.4, -0.2) is 68.8 Å². The highest BCUT2D eigenvalue weighted by molar-refractivity contribution is 5.96. The number of amides is 3. The molecule has 2 N–H and O–H groups in total. The van der Waals surface area contributed by atoms with E-state index in [1.807, 2.05) is 0 Å². The molecule has 0 aromatic rings. The van der Waals surface area contributed by atoms with Crippen molar-refractivity contribution in [1.29, 1.82) is 0 Å². The summed E-state index contributed by atoms with van der Waals surface area (Å²) in [6, 6.07) is -0.00930. The van der Waals surface area contributed by atoms with Crippen molar-refractivity contribution in [2.45, 2.75) is 32.2 Å². The van der Waals surface area contributed by atoms with Gasteiger partial charge in [0.05, 0.1) is 13.2 Å². The summed E-state index contributed by atoms with van der Waals surface area (Å²) in [7, 11) is 1.54. The number of carbonyl (C=O) groups excluding carboxylic acids is 3. The Morgan fingerprint density at radius 2 is 1.86 bits per heavy atom. The van der Waals surface area contributed by atoms with E-state index in [1.54, 1.807) is 18.9 Å². The van der Waals surface area contributed by atoms with Gasteiger partial charge in [-0.2, -0.15) is 0 Å². The summed E-state index contributed by atoms with van der Waals surface area (Å²) in [5.41, 5.74) is 0. The number of carbonyl (C=O) groups is 3. The molecule has 1 fully saturated rings. The molecule has 8 heteroatoms. The van der Waals surface area contributed by atoms with Gasteiger partial charge in [-0.05, 0) is 19.8 Å². The Labute approximate surface area is 130 Å². The van der Waals surface area contributed by atoms with Gasteiger partial charge in [-0.25, -0.2) is 4.79 Å². The molecule has 1 aliphatic rings. The van der Waals surface area contributed by atoms with E-state index >= 15 is 0 Å². The third kappa shape index (κ3) is 6.75. The van der Waals surface area contributed by atoms with Crippen LogP contribution in [0.5, 0.6) is 0 Å². The van der Waals surface area contributed by atoms with Crippen molar-refractivity contribution < 1.29 is 23.9 Å². The Hall–Kier alpha value is -1.83. The zero-order valence-electron chi connectivity index (χ0n) is 13.2. The highest BCUT2D eigenvalue weighted by Crippen LogP contribution is 2.11. The van der Waals surface area contributed by atoms with Gasteiger partial charge in [0.1, 0.15) is 6.42 Å². The summed E-state index contributed by atoms with van der Waals surface area (Å²) < 4.78 is 9.74. The molecule has 0 spiro atoms. The molecule has 0 radical (unpaired) electrons. The van der Waals surface area contributed by atoms with Gasteiger partial charge in [0.25, 0.3) is 0 Å². The molecular weight excluding hydrogens is 290 g/mol. The van der Waals surface area contributed by atoms with E-state index in [0.717, 1.165) is 0 Å². The van der Waals surface area contributed by atoms with Crippen LogP contribution in [-0.2, 0) is 19.1 Å². The van der Waals surface area contributed by atoms with Gasteiger partial charge < -0.3 is 25.0 Å². The Morgan fingerprint density at radius 1 is 1.18 bits per heavy atom. The van der Waals surface area contributed by atoms with E-state index in [1.165, 1.54) is 0 Å². The molecule has 0 atom stereocenters. The average molecular weight is 315 g/mol. The maximum Gasteiger partial charge on any atom is 0.409 e. The lowest BCUT2D eigenvalue weighted by Crippen LogP contribution is -2.47. The Morgan fingerprint density at radius 3 is 2.45 bits per heavy atom. The van der Waals surface area contributed by atoms with E-state index in [0.29, 0.717) is 45.7 Å². The Balaban J connectivity index is 2.21. The molecule has 0 saturated carbocycles. The highest BCUT2D eigenvalue weighted by atomic mass is 16.6. The SMILES string of the molecule is CCOC(=O)N1CCC(NC(=O)CC(=O)NCCOC)CC1. The van der Waals surface area contributed by atoms with E-state index in [9.17, 15) is 14.4 Å². The number of likely N-dealkylation sites (tertiary alicyclic amines) is 1. The van der Waals surface area contributed by atoms with Crippen LogP contribution in [0, 0.1) is 0 Å². The van der Waals surface area contributed by atoms with Gasteiger partial charge in [0, 0.05) is 32.8 Å². The van der Waals surface area contributed by atoms with Crippen LogP contribution in [0.2, 0.25) is 0 Å². The molecule has 126 valence electrons. The molecule has 0 aromatic carbocycles. The van der Waals surface area contributed by atoms with E-state index < -0.39 is 0 Å². The van der Waals surface area contributed by atoms with Crippen molar-refractivity contribution in [2.75, 3.05) is 40.0 Å². The third-order valence-electron chi connectivity index (χ3n) is 3.34. The van der Waals surface area contributed by atoms with Crippen LogP contribution in [0.25, 0.3) is 0 Å². The molecule has 1 heterocycles. The minimum Gasteiger partial charge on any atom is -0.450 e. The number of piperidine rings is 1. The number of nitrogens with one attached hydrogen (secondary N) is 2. The predicted molar refractivity (Wildman–Crippen MR) is 79.3 cm³/mol. The number of methoxy groups -OCH3 is 1. The van der Waals surface area contributed by atoms with Gasteiger partial charge in [-0.1, -0.05) is 0 Å². The standard InChI is InChI=1S/C14H25N3O5/c1-3-22-14(20)17-7-4-11(5-8-17)16-13(19)10-12(18)15-6-9-21-2/h11H,3-10H2,1-2H3,(H,15,18)(H,16,19). The van der Waals surface area contributed by atoms with Crippen LogP contribution in [0.1, 0.15) is 26.2 Å². The molecule has 0 aromatic heterocycles. The molecule has 1 saturated heterocycles. The van der Waals surface area contributed by atoms with Gasteiger partial charge in [-0.15, -0.1) is 0 Å². The second-order valence-corrected chi connectivity index (χ2v) is 5.05. The number of hydrogen-bond donors (Lipinski definition) is 2. The summed E-state index contributed by atoms with van der Waals surface area (Å²) in [5.74, 6) is -0.622. The summed E-state index contributed by atoms with van der Waals surface area (Å²) in [6.45, 7) is 4.02. The van der Waals surface area contributed by atoms with Crippen LogP contribution in [0.15, 0.2) is 0 Å². The molecule has 0 aliphatic carbocycles. The van der Waals surface area contributed by atoms with E-state index in [-0.39, 0.29) is 30.4 Å². The molecule has 8 nitrogen and oxygen atoms in total. The lowest BCUT2D eigenvalue weighted by molar-refractivity contribution is -0.129. The number of hydrogen-bond acceptors (Lipinski definition) is 5. The van der Waals surface area contributed by atoms with Crippen LogP contribution in [0.4, 0.5) is 4.79 Å². The van der Waals surface area contributed by atoms with Gasteiger partial charge >= 0.3 is 6.09 Å². The zero-order valence-corrected chi connectivity index (χ0v) is 13.2. The fourth-order valence-corrected chi connectivity index (χ4v) is 2.20. The first kappa shape index (κ1) is 18.2. The smallest absolute Gasteiger partial charge is 0.409 e. The predicted octanol–water partition coefficient (Wildman–Crippen LogP) is -0.124. The first-order chi connectivity index (χ1) is 10.6. The number of ether oxygens (including phenoxy) is 2. The van der Waals surface area contributed by atoms with Crippen molar-refractivity contribution in [3.05, 3.63) is 0 Å². The minimum absolute atomic E-state index is 0.00930. The Bertz CT molecular complexity index is 381. The fourth-order valence-electron chi connectivity index (χ4n) is 2.20. The fraction of sp³-hybridized carbons (Fsp3) is 0.786. The van der Waals surface area contributed by atoms with Gasteiger partial charge in [0.15, 0.2) is 0 Å². The largest absolute Gasteiger partial charge is 0.450 e. The van der Waals surface area contributed by atoms with Crippen molar-refractivity contribution in [2.24, 2.45) is 0 Å². The van der Waals surface area contributed by atoms with E-state index in [4.69, 9.17) is 9.47 Å². The minimum atomic E-state index is -0.321. The first-order valence-corrected chi connectivity index (χ1v) is 7.53. The molecule has 22 heavy (non-hydrogen) atoms. The van der Waals surface area contributed by atoms with Crippen LogP contribution >= 0.6 is 0 Å².